The van der Waals surface area contributed by atoms with E-state index in [4.69, 9.17) is 14.5 Å². The summed E-state index contributed by atoms with van der Waals surface area (Å²) in [5.41, 5.74) is 8.16. The van der Waals surface area contributed by atoms with Crippen molar-refractivity contribution in [1.29, 1.82) is 0 Å². The van der Waals surface area contributed by atoms with Crippen LogP contribution in [0.25, 0.3) is 40.0 Å². The minimum absolute atomic E-state index is 0.181. The highest BCUT2D eigenvalue weighted by atomic mass is 16.5. The van der Waals surface area contributed by atoms with E-state index in [1.165, 1.54) is 20.3 Å². The van der Waals surface area contributed by atoms with Crippen molar-refractivity contribution in [1.82, 2.24) is 9.55 Å². The second kappa shape index (κ2) is 15.0. The average molecular weight is 595 g/mol. The smallest absolute Gasteiger partial charge is 0.330 e. The van der Waals surface area contributed by atoms with E-state index in [1.54, 1.807) is 6.08 Å². The molecule has 0 radical (unpaired) electrons. The third-order valence-electron chi connectivity index (χ3n) is 7.55. The summed E-state index contributed by atoms with van der Waals surface area (Å²) in [6.45, 7) is 0.730. The van der Waals surface area contributed by atoms with E-state index in [9.17, 15) is 9.59 Å². The van der Waals surface area contributed by atoms with Crippen molar-refractivity contribution in [3.05, 3.63) is 84.4 Å². The number of methoxy groups -OCH3 is 2. The summed E-state index contributed by atoms with van der Waals surface area (Å²) in [5, 5.41) is 0. The minimum atomic E-state index is -0.397. The van der Waals surface area contributed by atoms with Gasteiger partial charge in [0.25, 0.3) is 0 Å². The van der Waals surface area contributed by atoms with Crippen molar-refractivity contribution < 1.29 is 19.1 Å². The van der Waals surface area contributed by atoms with Gasteiger partial charge in [-0.25, -0.2) is 9.78 Å². The average Bonchev–Trinajstić information content (AvgIpc) is 3.42. The highest BCUT2D eigenvalue weighted by Crippen LogP contribution is 2.38. The van der Waals surface area contributed by atoms with Crippen molar-refractivity contribution >= 4 is 29.4 Å². The number of unbranched alkanes of at least 4 members (excludes halogenated alkanes) is 2. The number of carbonyl (C=O) groups is 2. The molecule has 3 aromatic carbocycles. The Labute approximate surface area is 260 Å². The standard InChI is InChI=1S/C36H42N4O4/c1-38(2)30-20-16-27(17-21-30)34-35(28-18-22-31(23-19-28)39(3)4)40(25-9-7-8-10-32(41)43-5)36(37-34)29-14-11-26(12-15-29)13-24-33(42)44-6/h11-24H,7-10,25H2,1-6H3/b24-13+. The fraction of sp³-hybridized carbons (Fsp3) is 0.306. The van der Waals surface area contributed by atoms with Crippen LogP contribution in [-0.4, -0.2) is 63.9 Å². The van der Waals surface area contributed by atoms with E-state index in [2.05, 4.69) is 62.9 Å². The maximum atomic E-state index is 11.7. The van der Waals surface area contributed by atoms with E-state index >= 15 is 0 Å². The van der Waals surface area contributed by atoms with Crippen LogP contribution in [0.3, 0.4) is 0 Å². The first kappa shape index (κ1) is 32.1. The second-order valence-corrected chi connectivity index (χ2v) is 11.0. The largest absolute Gasteiger partial charge is 0.469 e. The summed E-state index contributed by atoms with van der Waals surface area (Å²) < 4.78 is 11.9. The second-order valence-electron chi connectivity index (χ2n) is 11.0. The van der Waals surface area contributed by atoms with Crippen molar-refractivity contribution in [3.63, 3.8) is 0 Å². The molecule has 8 nitrogen and oxygen atoms in total. The molecule has 4 rings (SSSR count). The fourth-order valence-electron chi connectivity index (χ4n) is 5.01. The number of hydrogen-bond donors (Lipinski definition) is 0. The van der Waals surface area contributed by atoms with Crippen LogP contribution >= 0.6 is 0 Å². The van der Waals surface area contributed by atoms with Crippen LogP contribution in [0.4, 0.5) is 11.4 Å². The van der Waals surface area contributed by atoms with Gasteiger partial charge in [-0.3, -0.25) is 4.79 Å². The van der Waals surface area contributed by atoms with Gasteiger partial charge in [-0.05, 0) is 48.7 Å². The van der Waals surface area contributed by atoms with Gasteiger partial charge in [0.2, 0.25) is 0 Å². The van der Waals surface area contributed by atoms with E-state index < -0.39 is 5.97 Å². The predicted molar refractivity (Wildman–Crippen MR) is 179 cm³/mol. The van der Waals surface area contributed by atoms with Crippen LogP contribution in [0.2, 0.25) is 0 Å². The molecule has 0 aliphatic rings. The molecule has 0 unspecified atom stereocenters. The number of anilines is 2. The Morgan fingerprint density at radius 2 is 1.30 bits per heavy atom. The zero-order valence-corrected chi connectivity index (χ0v) is 26.5. The molecule has 230 valence electrons. The number of imidazole rings is 1. The van der Waals surface area contributed by atoms with Gasteiger partial charge < -0.3 is 23.8 Å². The molecular formula is C36H42N4O4. The molecule has 1 aromatic heterocycles. The number of ether oxygens (including phenoxy) is 2. The number of esters is 2. The molecular weight excluding hydrogens is 552 g/mol. The van der Waals surface area contributed by atoms with Gasteiger partial charge in [-0.2, -0.15) is 0 Å². The van der Waals surface area contributed by atoms with Crippen LogP contribution in [-0.2, 0) is 25.6 Å². The van der Waals surface area contributed by atoms with Gasteiger partial charge in [-0.15, -0.1) is 0 Å². The van der Waals surface area contributed by atoms with Crippen LogP contribution in [0.1, 0.15) is 31.2 Å². The van der Waals surface area contributed by atoms with Gasteiger partial charge in [0.1, 0.15) is 5.82 Å². The minimum Gasteiger partial charge on any atom is -0.469 e. The molecule has 0 atom stereocenters. The molecule has 0 saturated heterocycles. The Kier molecular flexibility index (Phi) is 11.0. The van der Waals surface area contributed by atoms with E-state index in [1.807, 2.05) is 52.5 Å². The lowest BCUT2D eigenvalue weighted by atomic mass is 10.0. The highest BCUT2D eigenvalue weighted by Gasteiger charge is 2.21. The summed E-state index contributed by atoms with van der Waals surface area (Å²) >= 11 is 0. The van der Waals surface area contributed by atoms with Crippen molar-refractivity contribution in [2.24, 2.45) is 0 Å². The Balaban J connectivity index is 1.82. The highest BCUT2D eigenvalue weighted by molar-refractivity contribution is 5.87. The van der Waals surface area contributed by atoms with Gasteiger partial charge >= 0.3 is 11.9 Å². The third-order valence-corrected chi connectivity index (χ3v) is 7.55. The number of rotatable bonds is 13. The van der Waals surface area contributed by atoms with E-state index in [0.29, 0.717) is 6.42 Å². The molecule has 0 fully saturated rings. The number of hydrogen-bond acceptors (Lipinski definition) is 7. The molecule has 0 aliphatic carbocycles. The Hall–Kier alpha value is -4.85. The van der Waals surface area contributed by atoms with Gasteiger partial charge in [0.15, 0.2) is 0 Å². The quantitative estimate of drug-likeness (QED) is 0.0943. The molecule has 0 amide bonds. The van der Waals surface area contributed by atoms with Crippen molar-refractivity contribution in [3.8, 4) is 33.9 Å². The lowest BCUT2D eigenvalue weighted by Crippen LogP contribution is -2.08. The molecule has 8 heteroatoms. The summed E-state index contributed by atoms with van der Waals surface area (Å²) in [4.78, 5) is 32.7. The number of nitrogens with zero attached hydrogens (tertiary/aromatic N) is 4. The zero-order valence-electron chi connectivity index (χ0n) is 26.5. The Morgan fingerprint density at radius 3 is 1.84 bits per heavy atom. The van der Waals surface area contributed by atoms with Gasteiger partial charge in [-0.1, -0.05) is 55.0 Å². The first-order valence-electron chi connectivity index (χ1n) is 14.8. The topological polar surface area (TPSA) is 76.9 Å². The lowest BCUT2D eigenvalue weighted by molar-refractivity contribution is -0.140. The SMILES string of the molecule is COC(=O)/C=C/c1ccc(-c2nc(-c3ccc(N(C)C)cc3)c(-c3ccc(N(C)C)cc3)n2CCCCCC(=O)OC)cc1. The van der Waals surface area contributed by atoms with Gasteiger partial charge in [0.05, 0.1) is 25.6 Å². The fourth-order valence-corrected chi connectivity index (χ4v) is 5.01. The molecule has 0 N–H and O–H groups in total. The lowest BCUT2D eigenvalue weighted by Gasteiger charge is -2.16. The molecule has 0 bridgehead atoms. The molecule has 44 heavy (non-hydrogen) atoms. The molecule has 0 saturated carbocycles. The van der Waals surface area contributed by atoms with Crippen LogP contribution < -0.4 is 9.80 Å². The summed E-state index contributed by atoms with van der Waals surface area (Å²) in [5.74, 6) is 0.284. The number of benzene rings is 3. The molecule has 4 aromatic rings. The normalized spacial score (nSPS) is 11.0. The van der Waals surface area contributed by atoms with E-state index in [-0.39, 0.29) is 5.97 Å². The zero-order chi connectivity index (χ0) is 31.6. The Morgan fingerprint density at radius 1 is 0.727 bits per heavy atom. The third kappa shape index (κ3) is 7.95. The van der Waals surface area contributed by atoms with Gasteiger partial charge in [0, 0.05) is 75.3 Å². The summed E-state index contributed by atoms with van der Waals surface area (Å²) in [6, 6.07) is 25.1. The summed E-state index contributed by atoms with van der Waals surface area (Å²) in [6.07, 6.45) is 6.09. The summed E-state index contributed by atoms with van der Waals surface area (Å²) in [7, 11) is 10.9. The molecule has 0 spiro atoms. The first-order valence-corrected chi connectivity index (χ1v) is 14.8. The van der Waals surface area contributed by atoms with Crippen LogP contribution in [0.15, 0.2) is 78.9 Å². The van der Waals surface area contributed by atoms with E-state index in [0.717, 1.165) is 76.6 Å². The number of aromatic nitrogens is 2. The monoisotopic (exact) mass is 594 g/mol. The first-order chi connectivity index (χ1) is 21.2. The van der Waals surface area contributed by atoms with Crippen molar-refractivity contribution in [2.75, 3.05) is 52.2 Å². The predicted octanol–water partition coefficient (Wildman–Crippen LogP) is 6.94. The molecule has 0 aliphatic heterocycles. The number of carbonyl (C=O) groups excluding carboxylic acids is 2. The van der Waals surface area contributed by atoms with Crippen LogP contribution in [0.5, 0.6) is 0 Å². The maximum Gasteiger partial charge on any atom is 0.330 e. The Bertz CT molecular complexity index is 1570. The molecule has 1 heterocycles. The van der Waals surface area contributed by atoms with Crippen molar-refractivity contribution in [2.45, 2.75) is 32.2 Å². The van der Waals surface area contributed by atoms with Crippen LogP contribution in [0, 0.1) is 0 Å². The maximum absolute atomic E-state index is 11.7.